The number of amides is 2. The number of hydrogen-bond acceptors (Lipinski definition) is 3. The van der Waals surface area contributed by atoms with Crippen molar-refractivity contribution in [3.63, 3.8) is 0 Å². The fourth-order valence-corrected chi connectivity index (χ4v) is 4.27. The van der Waals surface area contributed by atoms with Crippen molar-refractivity contribution in [1.29, 1.82) is 0 Å². The maximum atomic E-state index is 13.3. The van der Waals surface area contributed by atoms with Crippen LogP contribution in [0.1, 0.15) is 12.5 Å². The van der Waals surface area contributed by atoms with Gasteiger partial charge in [-0.25, -0.2) is 9.78 Å². The molecule has 0 bridgehead atoms. The zero-order valence-corrected chi connectivity index (χ0v) is 19.0. The number of alkyl halides is 9. The number of piperazine rings is 1. The Morgan fingerprint density at radius 3 is 1.97 bits per heavy atom. The van der Waals surface area contributed by atoms with Crippen molar-refractivity contribution < 1.29 is 44.3 Å². The first-order chi connectivity index (χ1) is 16.5. The number of halogens is 10. The van der Waals surface area contributed by atoms with Gasteiger partial charge < -0.3 is 15.1 Å². The topological polar surface area (TPSA) is 48.5 Å². The molecule has 1 atom stereocenters. The summed E-state index contributed by atoms with van der Waals surface area (Å²) in [6.45, 7) is 2.49. The van der Waals surface area contributed by atoms with Gasteiger partial charge in [-0.05, 0) is 36.8 Å². The van der Waals surface area contributed by atoms with Crippen LogP contribution < -0.4 is 10.2 Å². The Morgan fingerprint density at radius 2 is 1.50 bits per heavy atom. The minimum Gasteiger partial charge on any atom is -0.352 e. The minimum absolute atomic E-state index is 0.0501. The first kappa shape index (κ1) is 27.7. The molecule has 2 heterocycles. The summed E-state index contributed by atoms with van der Waals surface area (Å²) in [5, 5.41) is 2.68. The monoisotopic (exact) mass is 548 g/mol. The molecule has 0 spiro atoms. The van der Waals surface area contributed by atoms with Crippen molar-refractivity contribution in [2.45, 2.75) is 36.9 Å². The molecule has 198 valence electrons. The van der Waals surface area contributed by atoms with E-state index in [1.807, 2.05) is 4.90 Å². The van der Waals surface area contributed by atoms with E-state index in [9.17, 15) is 44.3 Å². The zero-order chi connectivity index (χ0) is 27.1. The van der Waals surface area contributed by atoms with E-state index in [2.05, 4.69) is 10.3 Å². The highest BCUT2D eigenvalue weighted by Gasteiger charge is 2.84. The van der Waals surface area contributed by atoms with Crippen LogP contribution in [0.25, 0.3) is 0 Å². The first-order valence-corrected chi connectivity index (χ1v) is 10.6. The molecule has 0 unspecified atom stereocenters. The Kier molecular flexibility index (Phi) is 7.32. The molecule has 1 fully saturated rings. The van der Waals surface area contributed by atoms with Gasteiger partial charge in [0.05, 0.1) is 5.02 Å². The van der Waals surface area contributed by atoms with Gasteiger partial charge in [-0.1, -0.05) is 23.7 Å². The molecule has 1 N–H and O–H groups in total. The Morgan fingerprint density at radius 1 is 0.944 bits per heavy atom. The van der Waals surface area contributed by atoms with E-state index in [-0.39, 0.29) is 24.4 Å². The second-order valence-electron chi connectivity index (χ2n) is 8.05. The number of anilines is 2. The number of hydrogen-bond donors (Lipinski definition) is 1. The summed E-state index contributed by atoms with van der Waals surface area (Å²) in [5.74, 6) is 0.504. The highest BCUT2D eigenvalue weighted by Crippen LogP contribution is 2.60. The number of urea groups is 1. The normalized spacial score (nSPS) is 17.8. The average molecular weight is 549 g/mol. The summed E-state index contributed by atoms with van der Waals surface area (Å²) in [6, 6.07) is 3.34. The summed E-state index contributed by atoms with van der Waals surface area (Å²) in [5.41, 5.74) is -8.44. The van der Waals surface area contributed by atoms with Crippen LogP contribution in [-0.2, 0) is 5.41 Å². The van der Waals surface area contributed by atoms with Crippen molar-refractivity contribution in [2.75, 3.05) is 29.9 Å². The van der Waals surface area contributed by atoms with Gasteiger partial charge in [-0.3, -0.25) is 0 Å². The lowest BCUT2D eigenvalue weighted by atomic mass is 9.78. The predicted molar refractivity (Wildman–Crippen MR) is 113 cm³/mol. The van der Waals surface area contributed by atoms with Gasteiger partial charge in [0.15, 0.2) is 0 Å². The molecular weight excluding hydrogens is 531 g/mol. The molecular formula is C21H18ClF9N4O. The fourth-order valence-electron chi connectivity index (χ4n) is 4.03. The number of pyridine rings is 1. The second-order valence-corrected chi connectivity index (χ2v) is 8.46. The van der Waals surface area contributed by atoms with Crippen LogP contribution in [0.15, 0.2) is 42.6 Å². The predicted octanol–water partition coefficient (Wildman–Crippen LogP) is 6.40. The third kappa shape index (κ3) is 4.87. The molecule has 1 saturated heterocycles. The molecule has 3 rings (SSSR count). The lowest BCUT2D eigenvalue weighted by Crippen LogP contribution is -2.63. The number of rotatable bonds is 3. The van der Waals surface area contributed by atoms with E-state index in [0.717, 1.165) is 0 Å². The van der Waals surface area contributed by atoms with Gasteiger partial charge in [-0.2, -0.15) is 39.5 Å². The number of carbonyl (C=O) groups excluding carboxylic acids is 1. The Balaban J connectivity index is 1.79. The summed E-state index contributed by atoms with van der Waals surface area (Å²) >= 11 is 6.13. The van der Waals surface area contributed by atoms with E-state index < -0.39 is 41.6 Å². The molecule has 2 amide bonds. The van der Waals surface area contributed by atoms with Crippen molar-refractivity contribution in [3.8, 4) is 0 Å². The van der Waals surface area contributed by atoms with E-state index in [1.54, 1.807) is 25.3 Å². The van der Waals surface area contributed by atoms with Crippen LogP contribution in [0.5, 0.6) is 0 Å². The maximum absolute atomic E-state index is 13.3. The number of carbonyl (C=O) groups is 1. The molecule has 0 radical (unpaired) electrons. The Bertz CT molecular complexity index is 1050. The van der Waals surface area contributed by atoms with Crippen LogP contribution >= 0.6 is 11.6 Å². The molecule has 1 aliphatic heterocycles. The number of nitrogens with one attached hydrogen (secondary N) is 1. The number of aromatic nitrogens is 1. The lowest BCUT2D eigenvalue weighted by molar-refractivity contribution is -0.387. The third-order valence-corrected chi connectivity index (χ3v) is 6.07. The molecule has 0 saturated carbocycles. The summed E-state index contributed by atoms with van der Waals surface area (Å²) in [6.07, 6.45) is -18.6. The van der Waals surface area contributed by atoms with Gasteiger partial charge in [0.2, 0.25) is 0 Å². The zero-order valence-electron chi connectivity index (χ0n) is 18.3. The summed E-state index contributed by atoms with van der Waals surface area (Å²) < 4.78 is 120. The molecule has 2 aromatic rings. The van der Waals surface area contributed by atoms with E-state index in [0.29, 0.717) is 36.1 Å². The van der Waals surface area contributed by atoms with Crippen molar-refractivity contribution in [3.05, 3.63) is 53.2 Å². The SMILES string of the molecule is C[C@@H]1CN(c2ncccc2Cl)CCN1C(=O)Nc1ccc(C(C(F)(F)F)(C(F)(F)F)C(F)(F)F)cc1. The van der Waals surface area contributed by atoms with E-state index in [4.69, 9.17) is 11.6 Å². The highest BCUT2D eigenvalue weighted by atomic mass is 35.5. The summed E-state index contributed by atoms with van der Waals surface area (Å²) in [4.78, 5) is 20.0. The van der Waals surface area contributed by atoms with Crippen LogP contribution in [0.3, 0.4) is 0 Å². The van der Waals surface area contributed by atoms with Gasteiger partial charge in [-0.15, -0.1) is 0 Å². The van der Waals surface area contributed by atoms with Crippen LogP contribution in [0, 0.1) is 0 Å². The quantitative estimate of drug-likeness (QED) is 0.452. The molecule has 1 aromatic heterocycles. The Hall–Kier alpha value is -2.90. The van der Waals surface area contributed by atoms with E-state index in [1.165, 1.54) is 4.90 Å². The van der Waals surface area contributed by atoms with Crippen LogP contribution in [-0.4, -0.2) is 60.1 Å². The molecule has 15 heteroatoms. The largest absolute Gasteiger partial charge is 0.416 e. The molecule has 5 nitrogen and oxygen atoms in total. The third-order valence-electron chi connectivity index (χ3n) is 5.77. The molecule has 0 aliphatic carbocycles. The standard InChI is InChI=1S/C21H18ClF9N4O/c1-12-11-34(16-15(22)3-2-8-32-16)9-10-35(12)17(36)33-14-6-4-13(5-7-14)18(19(23,24)25,20(26,27)28)21(29,30)31/h2-8,12H,9-11H2,1H3,(H,33,36)/t12-/m1/s1. The van der Waals surface area contributed by atoms with Crippen molar-refractivity contribution >= 4 is 29.1 Å². The lowest BCUT2D eigenvalue weighted by Gasteiger charge is -2.40. The van der Waals surface area contributed by atoms with Gasteiger partial charge in [0.25, 0.3) is 5.41 Å². The summed E-state index contributed by atoms with van der Waals surface area (Å²) in [7, 11) is 0. The van der Waals surface area contributed by atoms with Crippen molar-refractivity contribution in [2.24, 2.45) is 0 Å². The fraction of sp³-hybridized carbons (Fsp3) is 0.429. The maximum Gasteiger partial charge on any atom is 0.416 e. The second kappa shape index (κ2) is 9.52. The van der Waals surface area contributed by atoms with E-state index >= 15 is 0 Å². The highest BCUT2D eigenvalue weighted by molar-refractivity contribution is 6.32. The van der Waals surface area contributed by atoms with Crippen LogP contribution in [0.2, 0.25) is 5.02 Å². The van der Waals surface area contributed by atoms with Crippen LogP contribution in [0.4, 0.5) is 55.8 Å². The average Bonchev–Trinajstić information content (AvgIpc) is 2.72. The van der Waals surface area contributed by atoms with Gasteiger partial charge in [0.1, 0.15) is 5.82 Å². The molecule has 1 aliphatic rings. The molecule has 1 aromatic carbocycles. The van der Waals surface area contributed by atoms with Gasteiger partial charge >= 0.3 is 24.6 Å². The van der Waals surface area contributed by atoms with Crippen molar-refractivity contribution in [1.82, 2.24) is 9.88 Å². The van der Waals surface area contributed by atoms with Gasteiger partial charge in [0, 0.05) is 37.6 Å². The number of benzene rings is 1. The first-order valence-electron chi connectivity index (χ1n) is 10.2. The Labute approximate surface area is 203 Å². The molecule has 36 heavy (non-hydrogen) atoms. The smallest absolute Gasteiger partial charge is 0.352 e. The number of nitrogens with zero attached hydrogens (tertiary/aromatic N) is 3. The minimum atomic E-state index is -6.72.